The lowest BCUT2D eigenvalue weighted by Crippen LogP contribution is -2.55. The summed E-state index contributed by atoms with van der Waals surface area (Å²) >= 11 is 6.40. The van der Waals surface area contributed by atoms with Crippen molar-refractivity contribution in [3.8, 4) is 0 Å². The number of rotatable bonds is 10. The molecule has 210 valence electrons. The van der Waals surface area contributed by atoms with E-state index in [1.165, 1.54) is 6.07 Å². The molecular formula is C30H38ClFN4O3. The van der Waals surface area contributed by atoms with Gasteiger partial charge in [-0.05, 0) is 60.9 Å². The predicted molar refractivity (Wildman–Crippen MR) is 151 cm³/mol. The Bertz CT molecular complexity index is 1310. The number of likely N-dealkylation sites (N-methyl/N-ethyl adjacent to an activating group) is 1. The van der Waals surface area contributed by atoms with Crippen LogP contribution in [0.5, 0.6) is 0 Å². The number of carbonyl (C=O) groups is 2. The van der Waals surface area contributed by atoms with Crippen LogP contribution in [-0.2, 0) is 26.2 Å². The quantitative estimate of drug-likeness (QED) is 0.317. The molecule has 3 N–H and O–H groups in total. The molecule has 0 saturated carbocycles. The first-order valence-corrected chi connectivity index (χ1v) is 14.0. The Labute approximate surface area is 234 Å². The highest BCUT2D eigenvalue weighted by Gasteiger charge is 2.45. The lowest BCUT2D eigenvalue weighted by atomic mass is 9.78. The third-order valence-electron chi connectivity index (χ3n) is 7.72. The molecule has 9 heteroatoms. The number of nitrogens with one attached hydrogen (secondary N) is 3. The fourth-order valence-corrected chi connectivity index (χ4v) is 5.71. The summed E-state index contributed by atoms with van der Waals surface area (Å²) < 4.78 is 20.5. The highest BCUT2D eigenvalue weighted by Crippen LogP contribution is 2.37. The molecule has 39 heavy (non-hydrogen) atoms. The summed E-state index contributed by atoms with van der Waals surface area (Å²) in [4.78, 5) is 34.5. The fourth-order valence-electron chi connectivity index (χ4n) is 5.40. The Morgan fingerprint density at radius 2 is 1.95 bits per heavy atom. The number of hydrogen-bond donors (Lipinski definition) is 3. The molecule has 7 nitrogen and oxygen atoms in total. The van der Waals surface area contributed by atoms with E-state index >= 15 is 0 Å². The van der Waals surface area contributed by atoms with Crippen molar-refractivity contribution < 1.29 is 18.7 Å². The minimum Gasteiger partial charge on any atom is -0.380 e. The number of nitrogens with zero attached hydrogens (tertiary/aromatic N) is 1. The van der Waals surface area contributed by atoms with Gasteiger partial charge in [-0.15, -0.1) is 0 Å². The second-order valence-electron chi connectivity index (χ2n) is 11.1. The third-order valence-corrected chi connectivity index (χ3v) is 8.04. The minimum absolute atomic E-state index is 0.0747. The molecule has 2 amide bonds. The number of fused-ring (bicyclic) bond motifs is 1. The number of aromatic nitrogens is 2. The maximum absolute atomic E-state index is 14.8. The van der Waals surface area contributed by atoms with Crippen LogP contribution in [0.4, 0.5) is 4.39 Å². The van der Waals surface area contributed by atoms with Gasteiger partial charge in [0.1, 0.15) is 17.7 Å². The van der Waals surface area contributed by atoms with Gasteiger partial charge in [0, 0.05) is 30.2 Å². The second kappa shape index (κ2) is 12.0. The molecule has 3 atom stereocenters. The van der Waals surface area contributed by atoms with Gasteiger partial charge in [-0.2, -0.15) is 0 Å². The molecule has 4 rings (SSSR count). The number of ether oxygens (including phenoxy) is 1. The normalized spacial score (nSPS) is 19.0. The van der Waals surface area contributed by atoms with Crippen LogP contribution in [-0.4, -0.2) is 47.6 Å². The molecule has 3 aromatic rings. The fraction of sp³-hybridized carbons (Fsp3) is 0.500. The largest absolute Gasteiger partial charge is 0.380 e. The number of H-pyrrole nitrogens is 1. The number of imidazole rings is 1. The van der Waals surface area contributed by atoms with Crippen molar-refractivity contribution in [1.82, 2.24) is 20.6 Å². The first-order chi connectivity index (χ1) is 18.6. The van der Waals surface area contributed by atoms with Crippen LogP contribution in [0.15, 0.2) is 36.4 Å². The minimum atomic E-state index is -0.916. The zero-order valence-corrected chi connectivity index (χ0v) is 24.0. The number of aromatic amines is 1. The van der Waals surface area contributed by atoms with Crippen molar-refractivity contribution in [2.75, 3.05) is 19.8 Å². The molecule has 0 spiro atoms. The molecule has 1 aliphatic rings. The number of hydrogen-bond acceptors (Lipinski definition) is 4. The van der Waals surface area contributed by atoms with Crippen LogP contribution in [0, 0.1) is 17.7 Å². The van der Waals surface area contributed by atoms with Crippen LogP contribution in [0.25, 0.3) is 11.0 Å². The zero-order chi connectivity index (χ0) is 28.3. The molecule has 2 unspecified atom stereocenters. The van der Waals surface area contributed by atoms with Gasteiger partial charge in [-0.1, -0.05) is 51.4 Å². The topological polar surface area (TPSA) is 96.1 Å². The summed E-state index contributed by atoms with van der Waals surface area (Å²) in [7, 11) is 0. The average Bonchev–Trinajstić information content (AvgIpc) is 3.53. The molecule has 2 heterocycles. The smallest absolute Gasteiger partial charge is 0.242 e. The summed E-state index contributed by atoms with van der Waals surface area (Å²) in [6, 6.07) is 9.86. The van der Waals surface area contributed by atoms with Crippen LogP contribution in [0.1, 0.15) is 63.9 Å². The van der Waals surface area contributed by atoms with Gasteiger partial charge < -0.3 is 20.4 Å². The molecule has 1 aromatic heterocycles. The highest BCUT2D eigenvalue weighted by atomic mass is 35.5. The number of amides is 2. The Kier molecular flexibility index (Phi) is 8.96. The standard InChI is InChI=1S/C30H38ClFN4O3/c1-6-33-28(37)27(18(4)5)36-29(38)30(12-13-39-16-30)19-10-11-23-24(14-19)35-25(34-23)15-20(17(2)3)26-21(31)8-7-9-22(26)32/h7-11,14,17-18,20,27H,6,12-13,15-16H2,1-5H3,(H,33,37)(H,34,35)(H,36,38)/t20?,27-,30?/m1/s1. The van der Waals surface area contributed by atoms with Crippen molar-refractivity contribution in [3.63, 3.8) is 0 Å². The lowest BCUT2D eigenvalue weighted by Gasteiger charge is -2.30. The number of halogens is 2. The van der Waals surface area contributed by atoms with E-state index in [4.69, 9.17) is 21.3 Å². The Hall–Kier alpha value is -2.97. The average molecular weight is 557 g/mol. The van der Waals surface area contributed by atoms with Crippen LogP contribution >= 0.6 is 11.6 Å². The summed E-state index contributed by atoms with van der Waals surface area (Å²) in [6.45, 7) is 10.9. The van der Waals surface area contributed by atoms with Crippen molar-refractivity contribution in [2.24, 2.45) is 11.8 Å². The summed E-state index contributed by atoms with van der Waals surface area (Å²) in [6.07, 6.45) is 0.992. The molecule has 2 aromatic carbocycles. The van der Waals surface area contributed by atoms with Crippen LogP contribution < -0.4 is 10.6 Å². The molecule has 0 radical (unpaired) electrons. The van der Waals surface area contributed by atoms with E-state index in [0.29, 0.717) is 36.6 Å². The van der Waals surface area contributed by atoms with Crippen molar-refractivity contribution >= 4 is 34.4 Å². The Morgan fingerprint density at radius 3 is 2.56 bits per heavy atom. The van der Waals surface area contributed by atoms with E-state index in [0.717, 1.165) is 22.4 Å². The van der Waals surface area contributed by atoms with E-state index in [2.05, 4.69) is 15.6 Å². The van der Waals surface area contributed by atoms with Crippen LogP contribution in [0.3, 0.4) is 0 Å². The molecule has 0 bridgehead atoms. The Morgan fingerprint density at radius 1 is 1.18 bits per heavy atom. The SMILES string of the molecule is CCNC(=O)[C@H](NC(=O)C1(c2ccc3nc(CC(c4c(F)cccc4Cl)C(C)C)[nH]c3c2)CCOC1)C(C)C. The lowest BCUT2D eigenvalue weighted by molar-refractivity contribution is -0.133. The van der Waals surface area contributed by atoms with E-state index in [9.17, 15) is 14.0 Å². The number of benzene rings is 2. The van der Waals surface area contributed by atoms with Crippen molar-refractivity contribution in [2.45, 2.75) is 64.8 Å². The summed E-state index contributed by atoms with van der Waals surface area (Å²) in [5.41, 5.74) is 1.93. The molecular weight excluding hydrogens is 519 g/mol. The predicted octanol–water partition coefficient (Wildman–Crippen LogP) is 5.27. The molecule has 1 aliphatic heterocycles. The highest BCUT2D eigenvalue weighted by molar-refractivity contribution is 6.31. The van der Waals surface area contributed by atoms with Gasteiger partial charge in [-0.25, -0.2) is 9.37 Å². The molecule has 0 aliphatic carbocycles. The second-order valence-corrected chi connectivity index (χ2v) is 11.5. The third kappa shape index (κ3) is 5.97. The molecule has 1 saturated heterocycles. The maximum atomic E-state index is 14.8. The first kappa shape index (κ1) is 29.0. The van der Waals surface area contributed by atoms with Crippen molar-refractivity contribution in [1.29, 1.82) is 0 Å². The van der Waals surface area contributed by atoms with E-state index in [1.54, 1.807) is 12.1 Å². The zero-order valence-electron chi connectivity index (χ0n) is 23.2. The number of carbonyl (C=O) groups excluding carboxylic acids is 2. The van der Waals surface area contributed by atoms with Crippen molar-refractivity contribution in [3.05, 3.63) is 64.2 Å². The van der Waals surface area contributed by atoms with Gasteiger partial charge in [0.15, 0.2) is 0 Å². The molecule has 1 fully saturated rings. The van der Waals surface area contributed by atoms with Crippen LogP contribution in [0.2, 0.25) is 5.02 Å². The van der Waals surface area contributed by atoms with Gasteiger partial charge >= 0.3 is 0 Å². The van der Waals surface area contributed by atoms with E-state index < -0.39 is 11.5 Å². The van der Waals surface area contributed by atoms with E-state index in [-0.39, 0.29) is 42.0 Å². The van der Waals surface area contributed by atoms with Gasteiger partial charge in [0.2, 0.25) is 11.8 Å². The Balaban J connectivity index is 1.64. The van der Waals surface area contributed by atoms with Gasteiger partial charge in [0.25, 0.3) is 0 Å². The summed E-state index contributed by atoms with van der Waals surface area (Å²) in [5.74, 6) is -0.129. The van der Waals surface area contributed by atoms with Gasteiger partial charge in [-0.3, -0.25) is 9.59 Å². The first-order valence-electron chi connectivity index (χ1n) is 13.7. The van der Waals surface area contributed by atoms with E-state index in [1.807, 2.05) is 52.8 Å². The summed E-state index contributed by atoms with van der Waals surface area (Å²) in [5, 5.41) is 6.22. The maximum Gasteiger partial charge on any atom is 0.242 e. The monoisotopic (exact) mass is 556 g/mol. The van der Waals surface area contributed by atoms with Gasteiger partial charge in [0.05, 0.1) is 23.1 Å².